The lowest BCUT2D eigenvalue weighted by Gasteiger charge is -2.19. The molecule has 2 fully saturated rings. The minimum atomic E-state index is -0.866. The predicted molar refractivity (Wildman–Crippen MR) is 119 cm³/mol. The Hall–Kier alpha value is -1.66. The third-order valence-corrected chi connectivity index (χ3v) is 6.81. The molecule has 6 nitrogen and oxygen atoms in total. The van der Waals surface area contributed by atoms with Gasteiger partial charge in [0.15, 0.2) is 6.10 Å². The highest BCUT2D eigenvalue weighted by Crippen LogP contribution is 2.50. The average molecular weight is 437 g/mol. The highest BCUT2D eigenvalue weighted by molar-refractivity contribution is 5.78. The van der Waals surface area contributed by atoms with E-state index in [1.165, 1.54) is 12.5 Å². The lowest BCUT2D eigenvalue weighted by atomic mass is 9.89. The molecule has 2 aliphatic carbocycles. The van der Waals surface area contributed by atoms with Crippen LogP contribution in [-0.4, -0.2) is 47.1 Å². The molecular weight excluding hydrogens is 396 g/mol. The lowest BCUT2D eigenvalue weighted by molar-refractivity contribution is -0.166. The summed E-state index contributed by atoms with van der Waals surface area (Å²) in [4.78, 5) is 23.4. The maximum Gasteiger partial charge on any atom is 0.347 e. The zero-order valence-electron chi connectivity index (χ0n) is 19.5. The van der Waals surface area contributed by atoms with Crippen molar-refractivity contribution >= 4 is 11.9 Å². The number of aliphatic hydroxyl groups is 2. The van der Waals surface area contributed by atoms with E-state index in [-0.39, 0.29) is 36.9 Å². The van der Waals surface area contributed by atoms with Gasteiger partial charge in [-0.15, -0.1) is 0 Å². The summed E-state index contributed by atoms with van der Waals surface area (Å²) in [5, 5.41) is 20.7. The van der Waals surface area contributed by atoms with Crippen LogP contribution in [0.5, 0.6) is 0 Å². The molecule has 0 saturated heterocycles. The summed E-state index contributed by atoms with van der Waals surface area (Å²) in [5.41, 5.74) is 1.40. The number of carbonyl (C=O) groups is 2. The van der Waals surface area contributed by atoms with Gasteiger partial charge in [-0.1, -0.05) is 44.1 Å². The van der Waals surface area contributed by atoms with Crippen LogP contribution in [0.1, 0.15) is 72.6 Å². The van der Waals surface area contributed by atoms with E-state index in [9.17, 15) is 19.8 Å². The maximum atomic E-state index is 11.9. The van der Waals surface area contributed by atoms with Crippen LogP contribution >= 0.6 is 0 Å². The van der Waals surface area contributed by atoms with Crippen LogP contribution in [-0.2, 0) is 19.1 Å². The summed E-state index contributed by atoms with van der Waals surface area (Å²) >= 11 is 0. The van der Waals surface area contributed by atoms with Crippen molar-refractivity contribution in [3.63, 3.8) is 0 Å². The number of hydrogen-bond acceptors (Lipinski definition) is 6. The minimum Gasteiger partial charge on any atom is -0.463 e. The number of fused-ring (bicyclic) bond motifs is 1. The molecule has 0 spiro atoms. The van der Waals surface area contributed by atoms with E-state index < -0.39 is 18.2 Å². The molecule has 2 aliphatic rings. The summed E-state index contributed by atoms with van der Waals surface area (Å²) in [6, 6.07) is 0. The van der Waals surface area contributed by atoms with Gasteiger partial charge in [0, 0.05) is 12.3 Å². The Morgan fingerprint density at radius 3 is 2.65 bits per heavy atom. The van der Waals surface area contributed by atoms with Gasteiger partial charge in [0.25, 0.3) is 0 Å². The molecule has 2 saturated carbocycles. The Kier molecular flexibility index (Phi) is 10.2. The van der Waals surface area contributed by atoms with Crippen LogP contribution in [0, 0.1) is 23.7 Å². The largest absolute Gasteiger partial charge is 0.463 e. The fourth-order valence-corrected chi connectivity index (χ4v) is 4.73. The van der Waals surface area contributed by atoms with Crippen LogP contribution in [0.3, 0.4) is 0 Å². The fraction of sp³-hybridized carbons (Fsp3) is 0.760. The van der Waals surface area contributed by atoms with Gasteiger partial charge in [-0.05, 0) is 63.7 Å². The van der Waals surface area contributed by atoms with Crippen LogP contribution in [0.2, 0.25) is 0 Å². The van der Waals surface area contributed by atoms with E-state index in [4.69, 9.17) is 9.47 Å². The molecule has 7 atom stereocenters. The Morgan fingerprint density at radius 2 is 1.97 bits per heavy atom. The van der Waals surface area contributed by atoms with Gasteiger partial charge in [-0.25, -0.2) is 4.79 Å². The summed E-state index contributed by atoms with van der Waals surface area (Å²) < 4.78 is 9.94. The topological polar surface area (TPSA) is 93.1 Å². The molecule has 0 heterocycles. The lowest BCUT2D eigenvalue weighted by Crippen LogP contribution is -2.26. The van der Waals surface area contributed by atoms with Gasteiger partial charge in [0.1, 0.15) is 0 Å². The number of unbranched alkanes of at least 4 members (excludes halogenated alkanes) is 1. The van der Waals surface area contributed by atoms with Crippen molar-refractivity contribution in [2.24, 2.45) is 23.7 Å². The number of carbonyl (C=O) groups excluding carboxylic acids is 2. The second kappa shape index (κ2) is 12.4. The van der Waals surface area contributed by atoms with Gasteiger partial charge in [-0.2, -0.15) is 0 Å². The van der Waals surface area contributed by atoms with Crippen LogP contribution in [0.15, 0.2) is 23.8 Å². The zero-order valence-corrected chi connectivity index (χ0v) is 19.5. The number of ether oxygens (including phenoxy) is 2. The molecule has 176 valence electrons. The molecule has 2 rings (SSSR count). The molecule has 0 aromatic rings. The van der Waals surface area contributed by atoms with Crippen molar-refractivity contribution < 1.29 is 29.3 Å². The molecular formula is C25H40O6. The highest BCUT2D eigenvalue weighted by atomic mass is 16.6. The molecule has 6 heteroatoms. The number of aliphatic hydroxyl groups excluding tert-OH is 2. The number of hydrogen-bond donors (Lipinski definition) is 2. The van der Waals surface area contributed by atoms with Gasteiger partial charge < -0.3 is 19.7 Å². The number of allylic oxidation sites excluding steroid dienone is 2. The Balaban J connectivity index is 1.77. The van der Waals surface area contributed by atoms with E-state index in [0.717, 1.165) is 32.1 Å². The van der Waals surface area contributed by atoms with E-state index in [1.807, 2.05) is 19.1 Å². The molecule has 1 unspecified atom stereocenters. The van der Waals surface area contributed by atoms with E-state index >= 15 is 0 Å². The van der Waals surface area contributed by atoms with Crippen LogP contribution in [0.25, 0.3) is 0 Å². The molecule has 0 bridgehead atoms. The van der Waals surface area contributed by atoms with Gasteiger partial charge >= 0.3 is 11.9 Å². The van der Waals surface area contributed by atoms with Crippen molar-refractivity contribution in [2.45, 2.75) is 91.0 Å². The molecule has 0 aromatic carbocycles. The van der Waals surface area contributed by atoms with Crippen molar-refractivity contribution in [2.75, 3.05) is 6.61 Å². The molecule has 0 aromatic heterocycles. The van der Waals surface area contributed by atoms with Crippen molar-refractivity contribution in [3.8, 4) is 0 Å². The third kappa shape index (κ3) is 7.46. The number of esters is 2. The van der Waals surface area contributed by atoms with Crippen molar-refractivity contribution in [1.29, 1.82) is 0 Å². The van der Waals surface area contributed by atoms with Crippen LogP contribution in [0.4, 0.5) is 0 Å². The summed E-state index contributed by atoms with van der Waals surface area (Å²) in [6.45, 7) is 7.61. The summed E-state index contributed by atoms with van der Waals surface area (Å²) in [7, 11) is 0. The normalized spacial score (nSPS) is 29.7. The molecule has 0 amide bonds. The van der Waals surface area contributed by atoms with Crippen molar-refractivity contribution in [1.82, 2.24) is 0 Å². The maximum absolute atomic E-state index is 11.9. The fourth-order valence-electron chi connectivity index (χ4n) is 4.73. The Bertz CT molecular complexity index is 654. The molecule has 2 N–H and O–H groups in total. The molecule has 31 heavy (non-hydrogen) atoms. The summed E-state index contributed by atoms with van der Waals surface area (Å²) in [5.74, 6) is 0.350. The number of rotatable bonds is 11. The first-order valence-corrected chi connectivity index (χ1v) is 11.8. The molecule has 0 aliphatic heterocycles. The smallest absolute Gasteiger partial charge is 0.347 e. The van der Waals surface area contributed by atoms with E-state index in [1.54, 1.807) is 6.92 Å². The monoisotopic (exact) mass is 436 g/mol. The highest BCUT2D eigenvalue weighted by Gasteiger charge is 2.44. The zero-order chi connectivity index (χ0) is 23.0. The molecule has 0 radical (unpaired) electrons. The van der Waals surface area contributed by atoms with E-state index in [2.05, 4.69) is 13.0 Å². The van der Waals surface area contributed by atoms with Gasteiger partial charge in [0.2, 0.25) is 0 Å². The first-order valence-electron chi connectivity index (χ1n) is 11.8. The summed E-state index contributed by atoms with van der Waals surface area (Å²) in [6.07, 6.45) is 9.95. The van der Waals surface area contributed by atoms with E-state index in [0.29, 0.717) is 18.3 Å². The quantitative estimate of drug-likeness (QED) is 0.289. The first kappa shape index (κ1) is 25.6. The second-order valence-corrected chi connectivity index (χ2v) is 9.11. The van der Waals surface area contributed by atoms with Gasteiger partial charge in [-0.3, -0.25) is 4.79 Å². The first-order chi connectivity index (χ1) is 14.8. The Labute approximate surface area is 186 Å². The predicted octanol–water partition coefficient (Wildman–Crippen LogP) is 3.95. The third-order valence-electron chi connectivity index (χ3n) is 6.81. The van der Waals surface area contributed by atoms with Crippen LogP contribution < -0.4 is 0 Å². The average Bonchev–Trinajstić information content (AvgIpc) is 3.25. The Morgan fingerprint density at radius 1 is 1.23 bits per heavy atom. The SMILES string of the molecule is CCOC(=O)[C@@H](C)OC(=O)CCC/C=C1\C[C@H]2C[C@@H](O)[C@H](/C=C/[C@@H](O)C(C)CC)[C@H]2C1. The van der Waals surface area contributed by atoms with Gasteiger partial charge in [0.05, 0.1) is 18.8 Å². The standard InChI is InChI=1S/C25H40O6/c1-5-16(3)22(26)12-11-20-21-14-18(13-19(21)15-23(20)27)9-7-8-10-24(28)31-17(4)25(29)30-6-2/h9,11-12,16-17,19-23,26-27H,5-8,10,13-15H2,1-4H3/b12-11+,18-9+/t16?,17-,19+,20-,21+,22-,23-/m1/s1. The van der Waals surface area contributed by atoms with Crippen molar-refractivity contribution in [3.05, 3.63) is 23.8 Å². The second-order valence-electron chi connectivity index (χ2n) is 9.11. The minimum absolute atomic E-state index is 0.106.